The first kappa shape index (κ1) is 26.2. The fourth-order valence-corrected chi connectivity index (χ4v) is 3.95. The first-order valence-electron chi connectivity index (χ1n) is 10.8. The lowest BCUT2D eigenvalue weighted by Crippen LogP contribution is -2.19. The standard InChI is InChI=1S/C26H29BrNO5P/c1-28(2)17-18-32-25-13-4-20(5-14-25)3-8-23(22-9-11-24(27)12-10-22)19-21-6-15-26(16-7-21)33-34(29,30)31/h4-16H,3,17-19H2,1-2H3,(H2,29,30,31)/b23-8-. The SMILES string of the molecule is CN(C)CCOc1ccc(C/C=C(/Cc2ccc(OP(=O)(O)O)cc2)c2ccc(Br)cc2)cc1. The van der Waals surface area contributed by atoms with Crippen molar-refractivity contribution in [2.45, 2.75) is 12.8 Å². The lowest BCUT2D eigenvalue weighted by molar-refractivity contribution is 0.261. The number of hydrogen-bond acceptors (Lipinski definition) is 4. The van der Waals surface area contributed by atoms with E-state index in [-0.39, 0.29) is 5.75 Å². The number of nitrogens with zero attached hydrogens (tertiary/aromatic N) is 1. The van der Waals surface area contributed by atoms with E-state index in [4.69, 9.17) is 14.5 Å². The molecule has 2 N–H and O–H groups in total. The topological polar surface area (TPSA) is 79.2 Å². The van der Waals surface area contributed by atoms with Gasteiger partial charge in [0, 0.05) is 11.0 Å². The summed E-state index contributed by atoms with van der Waals surface area (Å²) < 4.78 is 22.5. The van der Waals surface area contributed by atoms with E-state index in [0.717, 1.165) is 39.9 Å². The summed E-state index contributed by atoms with van der Waals surface area (Å²) in [4.78, 5) is 20.0. The first-order valence-corrected chi connectivity index (χ1v) is 13.2. The Morgan fingerprint density at radius 2 is 1.50 bits per heavy atom. The van der Waals surface area contributed by atoms with Crippen molar-refractivity contribution in [1.82, 2.24) is 4.90 Å². The maximum absolute atomic E-state index is 11.0. The number of likely N-dealkylation sites (N-methyl/N-ethyl adjacent to an activating group) is 1. The number of phosphoric acid groups is 1. The fourth-order valence-electron chi connectivity index (χ4n) is 3.29. The molecule has 0 amide bonds. The van der Waals surface area contributed by atoms with E-state index in [0.29, 0.717) is 13.0 Å². The van der Waals surface area contributed by atoms with Gasteiger partial charge in [0.1, 0.15) is 18.1 Å². The molecular formula is C26H29BrNO5P. The third-order valence-corrected chi connectivity index (χ3v) is 6.05. The Hall–Kier alpha value is -2.41. The fraction of sp³-hybridized carbons (Fsp3) is 0.231. The molecule has 180 valence electrons. The molecule has 0 heterocycles. The minimum absolute atomic E-state index is 0.138. The van der Waals surface area contributed by atoms with Crippen LogP contribution in [-0.4, -0.2) is 41.9 Å². The Morgan fingerprint density at radius 3 is 2.09 bits per heavy atom. The lowest BCUT2D eigenvalue weighted by atomic mass is 9.96. The van der Waals surface area contributed by atoms with Crippen LogP contribution in [0.4, 0.5) is 0 Å². The summed E-state index contributed by atoms with van der Waals surface area (Å²) in [6.07, 6.45) is 3.65. The maximum Gasteiger partial charge on any atom is 0.524 e. The molecular weight excluding hydrogens is 517 g/mol. The number of rotatable bonds is 11. The van der Waals surface area contributed by atoms with Gasteiger partial charge in [0.15, 0.2) is 0 Å². The van der Waals surface area contributed by atoms with Gasteiger partial charge in [-0.15, -0.1) is 0 Å². The summed E-state index contributed by atoms with van der Waals surface area (Å²) in [5.74, 6) is 1.000. The highest BCUT2D eigenvalue weighted by atomic mass is 79.9. The molecule has 0 aliphatic rings. The molecule has 0 bridgehead atoms. The predicted molar refractivity (Wildman–Crippen MR) is 139 cm³/mol. The molecule has 0 radical (unpaired) electrons. The molecule has 0 aliphatic carbocycles. The van der Waals surface area contributed by atoms with E-state index in [1.807, 2.05) is 50.5 Å². The average Bonchev–Trinajstić information content (AvgIpc) is 2.78. The number of ether oxygens (including phenoxy) is 1. The van der Waals surface area contributed by atoms with Gasteiger partial charge in [-0.2, -0.15) is 0 Å². The molecule has 0 saturated heterocycles. The Bertz CT molecular complexity index is 1120. The highest BCUT2D eigenvalue weighted by Gasteiger charge is 2.15. The molecule has 0 spiro atoms. The molecule has 3 aromatic rings. The predicted octanol–water partition coefficient (Wildman–Crippen LogP) is 5.73. The number of hydrogen-bond donors (Lipinski definition) is 2. The molecule has 0 atom stereocenters. The van der Waals surface area contributed by atoms with Crippen molar-refractivity contribution in [2.75, 3.05) is 27.2 Å². The second-order valence-electron chi connectivity index (χ2n) is 8.14. The summed E-state index contributed by atoms with van der Waals surface area (Å²) in [5, 5.41) is 0. The second-order valence-corrected chi connectivity index (χ2v) is 10.2. The summed E-state index contributed by atoms with van der Waals surface area (Å²) >= 11 is 3.49. The second kappa shape index (κ2) is 12.3. The first-order chi connectivity index (χ1) is 16.2. The van der Waals surface area contributed by atoms with Crippen molar-refractivity contribution >= 4 is 29.3 Å². The van der Waals surface area contributed by atoms with E-state index in [2.05, 4.69) is 55.7 Å². The van der Waals surface area contributed by atoms with E-state index in [1.165, 1.54) is 5.56 Å². The average molecular weight is 546 g/mol. The van der Waals surface area contributed by atoms with Gasteiger partial charge >= 0.3 is 7.82 Å². The molecule has 0 aromatic heterocycles. The Balaban J connectivity index is 1.73. The molecule has 6 nitrogen and oxygen atoms in total. The summed E-state index contributed by atoms with van der Waals surface area (Å²) in [6, 6.07) is 23.1. The third-order valence-electron chi connectivity index (χ3n) is 5.07. The van der Waals surface area contributed by atoms with E-state index >= 15 is 0 Å². The highest BCUT2D eigenvalue weighted by molar-refractivity contribution is 9.10. The lowest BCUT2D eigenvalue weighted by Gasteiger charge is -2.12. The van der Waals surface area contributed by atoms with Crippen LogP contribution in [0.3, 0.4) is 0 Å². The zero-order chi connectivity index (χ0) is 24.6. The monoisotopic (exact) mass is 545 g/mol. The largest absolute Gasteiger partial charge is 0.524 e. The Labute approximate surface area is 209 Å². The summed E-state index contributed by atoms with van der Waals surface area (Å²) in [7, 11) is -0.529. The maximum atomic E-state index is 11.0. The quantitative estimate of drug-likeness (QED) is 0.299. The zero-order valence-electron chi connectivity index (χ0n) is 19.2. The van der Waals surface area contributed by atoms with E-state index in [9.17, 15) is 4.57 Å². The molecule has 0 fully saturated rings. The number of allylic oxidation sites excluding steroid dienone is 2. The summed E-state index contributed by atoms with van der Waals surface area (Å²) in [5.41, 5.74) is 4.46. The number of benzene rings is 3. The van der Waals surface area contributed by atoms with Crippen LogP contribution in [-0.2, 0) is 17.4 Å². The van der Waals surface area contributed by atoms with Crippen LogP contribution < -0.4 is 9.26 Å². The van der Waals surface area contributed by atoms with Gasteiger partial charge in [-0.1, -0.05) is 58.4 Å². The van der Waals surface area contributed by atoms with Crippen LogP contribution in [0.15, 0.2) is 83.3 Å². The van der Waals surface area contributed by atoms with Gasteiger partial charge < -0.3 is 14.2 Å². The van der Waals surface area contributed by atoms with Gasteiger partial charge in [-0.25, -0.2) is 4.57 Å². The van der Waals surface area contributed by atoms with Crippen LogP contribution in [0.5, 0.6) is 11.5 Å². The minimum Gasteiger partial charge on any atom is -0.492 e. The summed E-state index contributed by atoms with van der Waals surface area (Å²) in [6.45, 7) is 1.52. The van der Waals surface area contributed by atoms with Gasteiger partial charge in [0.05, 0.1) is 0 Å². The van der Waals surface area contributed by atoms with Gasteiger partial charge in [0.25, 0.3) is 0 Å². The Kier molecular flexibility index (Phi) is 9.51. The number of halogens is 1. The van der Waals surface area contributed by atoms with Crippen LogP contribution in [0.2, 0.25) is 0 Å². The van der Waals surface area contributed by atoms with Crippen LogP contribution in [0.1, 0.15) is 16.7 Å². The molecule has 0 aliphatic heterocycles. The molecule has 34 heavy (non-hydrogen) atoms. The van der Waals surface area contributed by atoms with Crippen molar-refractivity contribution in [1.29, 1.82) is 0 Å². The smallest absolute Gasteiger partial charge is 0.492 e. The van der Waals surface area contributed by atoms with Crippen molar-refractivity contribution in [3.05, 3.63) is 100 Å². The van der Waals surface area contributed by atoms with Crippen molar-refractivity contribution < 1.29 is 23.6 Å². The van der Waals surface area contributed by atoms with Crippen LogP contribution in [0.25, 0.3) is 5.57 Å². The number of phosphoric ester groups is 1. The minimum atomic E-state index is -4.57. The van der Waals surface area contributed by atoms with E-state index in [1.54, 1.807) is 12.1 Å². The van der Waals surface area contributed by atoms with Gasteiger partial charge in [-0.3, -0.25) is 9.79 Å². The molecule has 0 unspecified atom stereocenters. The Morgan fingerprint density at radius 1 is 0.912 bits per heavy atom. The van der Waals surface area contributed by atoms with Crippen molar-refractivity contribution in [3.63, 3.8) is 0 Å². The molecule has 3 aromatic carbocycles. The molecule has 8 heteroatoms. The molecule has 3 rings (SSSR count). The van der Waals surface area contributed by atoms with Crippen molar-refractivity contribution in [3.8, 4) is 11.5 Å². The van der Waals surface area contributed by atoms with Gasteiger partial charge in [0.2, 0.25) is 0 Å². The van der Waals surface area contributed by atoms with Crippen molar-refractivity contribution in [2.24, 2.45) is 0 Å². The highest BCUT2D eigenvalue weighted by Crippen LogP contribution is 2.37. The van der Waals surface area contributed by atoms with Crippen LogP contribution in [0, 0.1) is 0 Å². The third kappa shape index (κ3) is 9.09. The van der Waals surface area contributed by atoms with Crippen LogP contribution >= 0.6 is 23.8 Å². The molecule has 0 saturated carbocycles. The van der Waals surface area contributed by atoms with E-state index < -0.39 is 7.82 Å². The normalized spacial score (nSPS) is 12.1. The zero-order valence-corrected chi connectivity index (χ0v) is 21.7. The van der Waals surface area contributed by atoms with Gasteiger partial charge in [-0.05, 0) is 85.6 Å².